The van der Waals surface area contributed by atoms with Crippen molar-refractivity contribution in [3.8, 4) is 22.8 Å². The van der Waals surface area contributed by atoms with Crippen LogP contribution in [-0.4, -0.2) is 44.2 Å². The normalized spacial score (nSPS) is 11.0. The van der Waals surface area contributed by atoms with Crippen molar-refractivity contribution in [3.05, 3.63) is 141 Å². The van der Waals surface area contributed by atoms with Gasteiger partial charge in [0.15, 0.2) is 11.0 Å². The van der Waals surface area contributed by atoms with Gasteiger partial charge in [-0.05, 0) is 41.8 Å². The van der Waals surface area contributed by atoms with Crippen molar-refractivity contribution in [3.63, 3.8) is 0 Å². The van der Waals surface area contributed by atoms with E-state index in [1.165, 1.54) is 28.7 Å². The zero-order valence-corrected chi connectivity index (χ0v) is 26.9. The molecule has 0 saturated carbocycles. The molecule has 45 heavy (non-hydrogen) atoms. The van der Waals surface area contributed by atoms with Crippen molar-refractivity contribution < 1.29 is 9.53 Å². The Morgan fingerprint density at radius 3 is 2.33 bits per heavy atom. The second-order valence-electron chi connectivity index (χ2n) is 10.2. The maximum absolute atomic E-state index is 13.8. The summed E-state index contributed by atoms with van der Waals surface area (Å²) >= 11 is 9.54. The van der Waals surface area contributed by atoms with Gasteiger partial charge in [-0.1, -0.05) is 108 Å². The number of ether oxygens (including phenoxy) is 1. The molecule has 0 unspecified atom stereocenters. The number of rotatable bonds is 12. The van der Waals surface area contributed by atoms with Gasteiger partial charge in [-0.2, -0.15) is 0 Å². The van der Waals surface area contributed by atoms with E-state index in [0.29, 0.717) is 46.3 Å². The number of methoxy groups -OCH3 is 1. The van der Waals surface area contributed by atoms with E-state index >= 15 is 0 Å². The molecule has 2 aromatic heterocycles. The average Bonchev–Trinajstić information content (AvgIpc) is 3.74. The summed E-state index contributed by atoms with van der Waals surface area (Å²) in [6.07, 6.45) is 0.763. The lowest BCUT2D eigenvalue weighted by atomic mass is 10.1. The summed E-state index contributed by atoms with van der Waals surface area (Å²) in [6.45, 7) is 1.10. The molecule has 0 radical (unpaired) electrons. The van der Waals surface area contributed by atoms with Gasteiger partial charge < -0.3 is 9.64 Å². The van der Waals surface area contributed by atoms with Gasteiger partial charge in [0.25, 0.3) is 5.91 Å². The topological polar surface area (TPSA) is 73.1 Å². The number of thiazole rings is 1. The first-order valence-corrected chi connectivity index (χ1v) is 16.6. The number of benzene rings is 4. The Labute approximate surface area is 275 Å². The molecule has 0 aliphatic rings. The van der Waals surface area contributed by atoms with Gasteiger partial charge in [-0.25, -0.2) is 4.98 Å². The van der Waals surface area contributed by atoms with Crippen LogP contribution in [0.1, 0.15) is 26.6 Å². The maximum Gasteiger partial charge on any atom is 0.273 e. The Bertz CT molecular complexity index is 1880. The summed E-state index contributed by atoms with van der Waals surface area (Å²) in [7, 11) is 1.64. The van der Waals surface area contributed by atoms with Crippen LogP contribution in [0.4, 0.5) is 0 Å². The van der Waals surface area contributed by atoms with Crippen LogP contribution in [0.5, 0.6) is 5.75 Å². The second-order valence-corrected chi connectivity index (χ2v) is 12.4. The van der Waals surface area contributed by atoms with Crippen molar-refractivity contribution in [1.29, 1.82) is 0 Å². The largest absolute Gasteiger partial charge is 0.495 e. The first-order chi connectivity index (χ1) is 22.1. The highest BCUT2D eigenvalue weighted by atomic mass is 35.5. The van der Waals surface area contributed by atoms with Gasteiger partial charge in [0, 0.05) is 24.0 Å². The number of carbonyl (C=O) groups excluding carboxylic acids is 1. The molecule has 6 aromatic rings. The lowest BCUT2D eigenvalue weighted by Gasteiger charge is -2.22. The lowest BCUT2D eigenvalue weighted by molar-refractivity contribution is 0.0740. The summed E-state index contributed by atoms with van der Waals surface area (Å²) in [6, 6.07) is 35.6. The van der Waals surface area contributed by atoms with Gasteiger partial charge in [-0.15, -0.1) is 21.5 Å². The summed E-state index contributed by atoms with van der Waals surface area (Å²) in [5.74, 6) is 1.72. The highest BCUT2D eigenvalue weighted by molar-refractivity contribution is 7.98. The third kappa shape index (κ3) is 7.28. The first kappa shape index (κ1) is 30.6. The van der Waals surface area contributed by atoms with Crippen LogP contribution in [0, 0.1) is 0 Å². The molecule has 0 saturated heterocycles. The Morgan fingerprint density at radius 1 is 0.889 bits per heavy atom. The number of thioether (sulfide) groups is 1. The van der Waals surface area contributed by atoms with Gasteiger partial charge in [-0.3, -0.25) is 9.36 Å². The van der Waals surface area contributed by atoms with Crippen LogP contribution in [0.2, 0.25) is 5.02 Å². The van der Waals surface area contributed by atoms with Crippen LogP contribution in [0.15, 0.2) is 120 Å². The van der Waals surface area contributed by atoms with Crippen LogP contribution >= 0.6 is 34.7 Å². The molecule has 0 aliphatic heterocycles. The molecule has 0 N–H and O–H groups in total. The van der Waals surface area contributed by atoms with Crippen molar-refractivity contribution in [1.82, 2.24) is 24.6 Å². The van der Waals surface area contributed by atoms with E-state index in [1.807, 2.05) is 112 Å². The SMILES string of the molecule is COc1ccccc1-n1c(SCc2nc(C(=O)N(CCc3ccccc3)Cc3ccccc3)cs2)nnc1-c1ccccc1Cl. The van der Waals surface area contributed by atoms with E-state index in [-0.39, 0.29) is 5.91 Å². The molecular formula is C35H30ClN5O2S2. The molecule has 0 atom stereocenters. The third-order valence-corrected chi connectivity index (χ3v) is 9.49. The molecule has 0 bridgehead atoms. The number of aromatic nitrogens is 4. The molecule has 2 heterocycles. The number of hydrogen-bond donors (Lipinski definition) is 0. The van der Waals surface area contributed by atoms with E-state index in [2.05, 4.69) is 22.3 Å². The van der Waals surface area contributed by atoms with Gasteiger partial charge >= 0.3 is 0 Å². The van der Waals surface area contributed by atoms with Gasteiger partial charge in [0.1, 0.15) is 16.5 Å². The van der Waals surface area contributed by atoms with Crippen LogP contribution in [-0.2, 0) is 18.7 Å². The van der Waals surface area contributed by atoms with Crippen molar-refractivity contribution in [2.75, 3.05) is 13.7 Å². The molecule has 6 rings (SSSR count). The molecular weight excluding hydrogens is 622 g/mol. The number of halogens is 1. The molecule has 4 aromatic carbocycles. The summed E-state index contributed by atoms with van der Waals surface area (Å²) < 4.78 is 7.63. The lowest BCUT2D eigenvalue weighted by Crippen LogP contribution is -2.32. The number of nitrogens with zero attached hydrogens (tertiary/aromatic N) is 5. The average molecular weight is 652 g/mol. The minimum absolute atomic E-state index is 0.0829. The fraction of sp³-hybridized carbons (Fsp3) is 0.143. The molecule has 0 spiro atoms. The second kappa shape index (κ2) is 14.6. The van der Waals surface area contributed by atoms with E-state index < -0.39 is 0 Å². The first-order valence-electron chi connectivity index (χ1n) is 14.4. The summed E-state index contributed by atoms with van der Waals surface area (Å²) in [4.78, 5) is 20.4. The molecule has 226 valence electrons. The highest BCUT2D eigenvalue weighted by Gasteiger charge is 2.22. The smallest absolute Gasteiger partial charge is 0.273 e. The minimum atomic E-state index is -0.0829. The zero-order valence-electron chi connectivity index (χ0n) is 24.5. The zero-order chi connectivity index (χ0) is 31.0. The van der Waals surface area contributed by atoms with Crippen LogP contribution < -0.4 is 4.74 Å². The molecule has 1 amide bonds. The fourth-order valence-electron chi connectivity index (χ4n) is 4.94. The predicted octanol–water partition coefficient (Wildman–Crippen LogP) is 8.23. The highest BCUT2D eigenvalue weighted by Crippen LogP contribution is 2.36. The Morgan fingerprint density at radius 2 is 1.58 bits per heavy atom. The third-order valence-electron chi connectivity index (χ3n) is 7.19. The molecule has 7 nitrogen and oxygen atoms in total. The maximum atomic E-state index is 13.8. The van der Waals surface area contributed by atoms with Crippen molar-refractivity contribution >= 4 is 40.6 Å². The van der Waals surface area contributed by atoms with E-state index in [1.54, 1.807) is 7.11 Å². The minimum Gasteiger partial charge on any atom is -0.495 e. The molecule has 0 fully saturated rings. The van der Waals surface area contributed by atoms with E-state index in [9.17, 15) is 4.79 Å². The fourth-order valence-corrected chi connectivity index (χ4v) is 6.89. The number of amides is 1. The van der Waals surface area contributed by atoms with E-state index in [4.69, 9.17) is 21.3 Å². The molecule has 0 aliphatic carbocycles. The summed E-state index contributed by atoms with van der Waals surface area (Å²) in [5, 5.41) is 13.0. The van der Waals surface area contributed by atoms with Crippen LogP contribution in [0.25, 0.3) is 17.1 Å². The van der Waals surface area contributed by atoms with E-state index in [0.717, 1.165) is 28.2 Å². The number of carbonyl (C=O) groups is 1. The standard InChI is InChI=1S/C35H30ClN5O2S2/c1-43-31-19-11-10-18-30(31)41-33(27-16-8-9-17-28(27)36)38-39-35(41)45-24-32-37-29(23-44-32)34(42)40(22-26-14-6-3-7-15-26)21-20-25-12-4-2-5-13-25/h2-19,23H,20-22,24H2,1H3. The quantitative estimate of drug-likeness (QED) is 0.124. The number of hydrogen-bond acceptors (Lipinski definition) is 7. The van der Waals surface area contributed by atoms with Crippen molar-refractivity contribution in [2.24, 2.45) is 0 Å². The van der Waals surface area contributed by atoms with Gasteiger partial charge in [0.05, 0.1) is 23.6 Å². The molecule has 10 heteroatoms. The summed E-state index contributed by atoms with van der Waals surface area (Å²) in [5.41, 5.74) is 4.28. The Balaban J connectivity index is 1.23. The van der Waals surface area contributed by atoms with Gasteiger partial charge in [0.2, 0.25) is 0 Å². The Kier molecular flexibility index (Phi) is 9.89. The van der Waals surface area contributed by atoms with Crippen LogP contribution in [0.3, 0.4) is 0 Å². The predicted molar refractivity (Wildman–Crippen MR) is 181 cm³/mol. The Hall–Kier alpha value is -4.44. The van der Waals surface area contributed by atoms with Crippen molar-refractivity contribution in [2.45, 2.75) is 23.9 Å². The monoisotopic (exact) mass is 651 g/mol. The number of para-hydroxylation sites is 2.